The summed E-state index contributed by atoms with van der Waals surface area (Å²) in [7, 11) is 0. The zero-order valence-electron chi connectivity index (χ0n) is 4.00. The molecular weight excluding hydrogens is 138 g/mol. The monoisotopic (exact) mass is 145 g/mol. The molecule has 1 aromatic rings. The van der Waals surface area contributed by atoms with Crippen LogP contribution in [-0.4, -0.2) is 10.1 Å². The summed E-state index contributed by atoms with van der Waals surface area (Å²) in [5, 5.41) is 8.87. The van der Waals surface area contributed by atoms with Crippen LogP contribution in [0.5, 0.6) is 5.75 Å². The van der Waals surface area contributed by atoms with Gasteiger partial charge in [-0.1, -0.05) is 19.0 Å². The number of hydrogen-bond donors (Lipinski definition) is 1. The van der Waals surface area contributed by atoms with E-state index in [4.69, 9.17) is 16.7 Å². The molecule has 0 saturated heterocycles. The molecule has 3 heteroatoms. The highest BCUT2D eigenvalue weighted by Crippen LogP contribution is 2.16. The van der Waals surface area contributed by atoms with Crippen molar-refractivity contribution in [2.75, 3.05) is 0 Å². The standard InChI is InChI=1S/C5H4ClNO.CH4/c6-5-4(8)2-1-3-7-5;/h1-3,8H;1H4. The Hall–Kier alpha value is -0.760. The SMILES string of the molecule is C.Oc1cccnc1Cl. The van der Waals surface area contributed by atoms with Crippen LogP contribution in [0, 0.1) is 0 Å². The van der Waals surface area contributed by atoms with Gasteiger partial charge in [-0.3, -0.25) is 0 Å². The first-order chi connectivity index (χ1) is 3.80. The lowest BCUT2D eigenvalue weighted by atomic mass is 10.5. The molecule has 0 radical (unpaired) electrons. The second-order valence-corrected chi connectivity index (χ2v) is 1.67. The number of rotatable bonds is 0. The van der Waals surface area contributed by atoms with E-state index in [0.717, 1.165) is 0 Å². The highest BCUT2D eigenvalue weighted by molar-refractivity contribution is 6.30. The second kappa shape index (κ2) is 3.30. The van der Waals surface area contributed by atoms with Crippen molar-refractivity contribution in [2.45, 2.75) is 7.43 Å². The molecule has 0 aromatic carbocycles. The fraction of sp³-hybridized carbons (Fsp3) is 0.167. The van der Waals surface area contributed by atoms with Crippen molar-refractivity contribution in [1.29, 1.82) is 0 Å². The lowest BCUT2D eigenvalue weighted by Gasteiger charge is -1.88. The lowest BCUT2D eigenvalue weighted by Crippen LogP contribution is -1.70. The quantitative estimate of drug-likeness (QED) is 0.567. The van der Waals surface area contributed by atoms with E-state index in [9.17, 15) is 0 Å². The van der Waals surface area contributed by atoms with Gasteiger partial charge in [0.2, 0.25) is 0 Å². The average molecular weight is 146 g/mol. The minimum absolute atomic E-state index is 0. The maximum Gasteiger partial charge on any atom is 0.170 e. The summed E-state index contributed by atoms with van der Waals surface area (Å²) in [6.07, 6.45) is 1.52. The third-order valence-electron chi connectivity index (χ3n) is 0.739. The Balaban J connectivity index is 0.000000640. The summed E-state index contributed by atoms with van der Waals surface area (Å²) >= 11 is 5.35. The van der Waals surface area contributed by atoms with Crippen molar-refractivity contribution < 1.29 is 5.11 Å². The molecule has 0 saturated carbocycles. The molecule has 0 atom stereocenters. The maximum absolute atomic E-state index is 8.72. The number of aromatic hydroxyl groups is 1. The van der Waals surface area contributed by atoms with Gasteiger partial charge in [-0.25, -0.2) is 4.98 Å². The van der Waals surface area contributed by atoms with Crippen molar-refractivity contribution in [3.05, 3.63) is 23.5 Å². The Morgan fingerprint density at radius 1 is 1.56 bits per heavy atom. The molecule has 1 N–H and O–H groups in total. The Labute approximate surface area is 59.1 Å². The first-order valence-electron chi connectivity index (χ1n) is 2.10. The van der Waals surface area contributed by atoms with E-state index in [1.807, 2.05) is 0 Å². The van der Waals surface area contributed by atoms with Gasteiger partial charge in [0.15, 0.2) is 10.9 Å². The molecule has 0 aliphatic rings. The number of aromatic nitrogens is 1. The number of pyridine rings is 1. The average Bonchev–Trinajstić information content (AvgIpc) is 1.77. The van der Waals surface area contributed by atoms with Crippen LogP contribution in [0.15, 0.2) is 18.3 Å². The molecule has 0 bridgehead atoms. The summed E-state index contributed by atoms with van der Waals surface area (Å²) in [6.45, 7) is 0. The van der Waals surface area contributed by atoms with Gasteiger partial charge in [0.25, 0.3) is 0 Å². The highest BCUT2D eigenvalue weighted by atomic mass is 35.5. The maximum atomic E-state index is 8.72. The zero-order valence-corrected chi connectivity index (χ0v) is 4.76. The molecule has 0 aliphatic heterocycles. The minimum atomic E-state index is 0. The van der Waals surface area contributed by atoms with Crippen molar-refractivity contribution in [2.24, 2.45) is 0 Å². The van der Waals surface area contributed by atoms with Gasteiger partial charge >= 0.3 is 0 Å². The molecule has 0 amide bonds. The van der Waals surface area contributed by atoms with Crippen molar-refractivity contribution in [3.8, 4) is 5.75 Å². The Bertz CT molecular complexity index is 169. The molecular formula is C6H8ClNO. The van der Waals surface area contributed by atoms with Gasteiger partial charge in [-0.15, -0.1) is 0 Å². The van der Waals surface area contributed by atoms with E-state index in [2.05, 4.69) is 4.98 Å². The van der Waals surface area contributed by atoms with E-state index < -0.39 is 0 Å². The first kappa shape index (κ1) is 8.24. The van der Waals surface area contributed by atoms with E-state index >= 15 is 0 Å². The summed E-state index contributed by atoms with van der Waals surface area (Å²) < 4.78 is 0. The van der Waals surface area contributed by atoms with Crippen LogP contribution in [0.4, 0.5) is 0 Å². The van der Waals surface area contributed by atoms with Crippen molar-refractivity contribution in [1.82, 2.24) is 4.98 Å². The van der Waals surface area contributed by atoms with Gasteiger partial charge in [-0.05, 0) is 12.1 Å². The Morgan fingerprint density at radius 2 is 2.22 bits per heavy atom. The van der Waals surface area contributed by atoms with Crippen LogP contribution >= 0.6 is 11.6 Å². The van der Waals surface area contributed by atoms with E-state index in [-0.39, 0.29) is 18.3 Å². The molecule has 50 valence electrons. The molecule has 9 heavy (non-hydrogen) atoms. The Kier molecular flexibility index (Phi) is 3.02. The smallest absolute Gasteiger partial charge is 0.170 e. The third-order valence-corrected chi connectivity index (χ3v) is 1.03. The normalized spacial score (nSPS) is 8.11. The highest BCUT2D eigenvalue weighted by Gasteiger charge is 1.91. The van der Waals surface area contributed by atoms with Gasteiger partial charge in [0.05, 0.1) is 0 Å². The summed E-state index contributed by atoms with van der Waals surface area (Å²) in [5.41, 5.74) is 0. The fourth-order valence-corrected chi connectivity index (χ4v) is 0.497. The van der Waals surface area contributed by atoms with Gasteiger partial charge < -0.3 is 5.11 Å². The van der Waals surface area contributed by atoms with E-state index in [1.165, 1.54) is 12.3 Å². The van der Waals surface area contributed by atoms with Crippen molar-refractivity contribution >= 4 is 11.6 Å². The van der Waals surface area contributed by atoms with Gasteiger partial charge in [-0.2, -0.15) is 0 Å². The van der Waals surface area contributed by atoms with E-state index in [1.54, 1.807) is 6.07 Å². The third kappa shape index (κ3) is 1.90. The molecule has 1 heterocycles. The summed E-state index contributed by atoms with van der Waals surface area (Å²) in [6, 6.07) is 3.09. The Morgan fingerprint density at radius 3 is 2.56 bits per heavy atom. The fourth-order valence-electron chi connectivity index (χ4n) is 0.378. The van der Waals surface area contributed by atoms with Crippen LogP contribution in [0.1, 0.15) is 7.43 Å². The predicted octanol–water partition coefficient (Wildman–Crippen LogP) is 2.08. The molecule has 2 nitrogen and oxygen atoms in total. The molecule has 0 aliphatic carbocycles. The number of hydrogen-bond acceptors (Lipinski definition) is 2. The molecule has 0 unspecified atom stereocenters. The summed E-state index contributed by atoms with van der Waals surface area (Å²) in [4.78, 5) is 3.59. The van der Waals surface area contributed by atoms with Crippen LogP contribution in [-0.2, 0) is 0 Å². The summed E-state index contributed by atoms with van der Waals surface area (Å²) in [5.74, 6) is 0.0224. The van der Waals surface area contributed by atoms with E-state index in [0.29, 0.717) is 0 Å². The molecule has 1 rings (SSSR count). The first-order valence-corrected chi connectivity index (χ1v) is 2.48. The lowest BCUT2D eigenvalue weighted by molar-refractivity contribution is 0.473. The van der Waals surface area contributed by atoms with Crippen LogP contribution in [0.25, 0.3) is 0 Å². The molecule has 1 aromatic heterocycles. The molecule has 0 spiro atoms. The van der Waals surface area contributed by atoms with Gasteiger partial charge in [0, 0.05) is 6.20 Å². The van der Waals surface area contributed by atoms with Crippen LogP contribution in [0.2, 0.25) is 5.15 Å². The minimum Gasteiger partial charge on any atom is -0.505 e. The predicted molar refractivity (Wildman–Crippen MR) is 37.6 cm³/mol. The van der Waals surface area contributed by atoms with Crippen LogP contribution < -0.4 is 0 Å². The number of halogens is 1. The molecule has 0 fully saturated rings. The van der Waals surface area contributed by atoms with Crippen LogP contribution in [0.3, 0.4) is 0 Å². The number of nitrogens with zero attached hydrogens (tertiary/aromatic N) is 1. The van der Waals surface area contributed by atoms with Gasteiger partial charge in [0.1, 0.15) is 0 Å². The largest absolute Gasteiger partial charge is 0.505 e. The second-order valence-electron chi connectivity index (χ2n) is 1.31. The topological polar surface area (TPSA) is 33.1 Å². The van der Waals surface area contributed by atoms with Crippen molar-refractivity contribution in [3.63, 3.8) is 0 Å². The zero-order chi connectivity index (χ0) is 5.98.